The molecule has 2 heterocycles. The topological polar surface area (TPSA) is 72.2 Å². The van der Waals surface area contributed by atoms with Crippen molar-refractivity contribution >= 4 is 27.5 Å². The summed E-state index contributed by atoms with van der Waals surface area (Å²) in [6, 6.07) is 5.93. The lowest BCUT2D eigenvalue weighted by Gasteiger charge is -2.18. The standard InChI is InChI=1S/C18H15FN2O3S/c19-11-6-4-10(5-7-11)8-21-9-20-16-15(17(21)22)14-12(18(23)24)2-1-3-13(14)25-16/h4-7,9,12H,1-3,8H2,(H,23,24). The van der Waals surface area contributed by atoms with Crippen LogP contribution in [0.5, 0.6) is 0 Å². The van der Waals surface area contributed by atoms with Crippen LogP contribution in [0.3, 0.4) is 0 Å². The van der Waals surface area contributed by atoms with Gasteiger partial charge < -0.3 is 5.11 Å². The van der Waals surface area contributed by atoms with Crippen molar-refractivity contribution < 1.29 is 14.3 Å². The largest absolute Gasteiger partial charge is 0.481 e. The number of hydrogen-bond acceptors (Lipinski definition) is 4. The second-order valence-electron chi connectivity index (χ2n) is 6.21. The zero-order valence-electron chi connectivity index (χ0n) is 13.2. The number of aryl methyl sites for hydroxylation is 1. The number of aromatic nitrogens is 2. The highest BCUT2D eigenvalue weighted by Crippen LogP contribution is 2.40. The summed E-state index contributed by atoms with van der Waals surface area (Å²) in [5.41, 5.74) is 1.19. The van der Waals surface area contributed by atoms with Crippen LogP contribution in [-0.2, 0) is 17.8 Å². The predicted octanol–water partition coefficient (Wildman–Crippen LogP) is 3.15. The van der Waals surface area contributed by atoms with Gasteiger partial charge >= 0.3 is 5.97 Å². The third kappa shape index (κ3) is 2.74. The number of fused-ring (bicyclic) bond motifs is 3. The molecule has 0 spiro atoms. The molecular weight excluding hydrogens is 343 g/mol. The molecule has 0 saturated carbocycles. The van der Waals surface area contributed by atoms with Crippen LogP contribution in [0.1, 0.15) is 34.8 Å². The van der Waals surface area contributed by atoms with Crippen molar-refractivity contribution in [3.63, 3.8) is 0 Å². The first-order valence-electron chi connectivity index (χ1n) is 8.02. The van der Waals surface area contributed by atoms with Crippen LogP contribution in [0.25, 0.3) is 10.2 Å². The van der Waals surface area contributed by atoms with E-state index in [9.17, 15) is 19.1 Å². The molecule has 0 fully saturated rings. The molecule has 1 aromatic carbocycles. The molecule has 0 amide bonds. The molecule has 1 aliphatic carbocycles. The van der Waals surface area contributed by atoms with E-state index in [1.54, 1.807) is 12.1 Å². The normalized spacial score (nSPS) is 16.8. The first-order chi connectivity index (χ1) is 12.0. The summed E-state index contributed by atoms with van der Waals surface area (Å²) >= 11 is 1.41. The summed E-state index contributed by atoms with van der Waals surface area (Å²) in [6.07, 6.45) is 3.62. The highest BCUT2D eigenvalue weighted by atomic mass is 32.1. The smallest absolute Gasteiger partial charge is 0.311 e. The molecule has 0 bridgehead atoms. The number of halogens is 1. The monoisotopic (exact) mass is 358 g/mol. The van der Waals surface area contributed by atoms with E-state index in [1.165, 1.54) is 34.4 Å². The molecule has 1 atom stereocenters. The average Bonchev–Trinajstić information content (AvgIpc) is 2.98. The average molecular weight is 358 g/mol. The van der Waals surface area contributed by atoms with Crippen molar-refractivity contribution in [2.45, 2.75) is 31.7 Å². The van der Waals surface area contributed by atoms with Gasteiger partial charge in [0.2, 0.25) is 0 Å². The molecule has 0 aliphatic heterocycles. The zero-order valence-corrected chi connectivity index (χ0v) is 14.1. The third-order valence-electron chi connectivity index (χ3n) is 4.60. The van der Waals surface area contributed by atoms with Gasteiger partial charge in [0.15, 0.2) is 0 Å². The SMILES string of the molecule is O=C(O)C1CCCc2sc3ncn(Cc4ccc(F)cc4)c(=O)c3c21. The van der Waals surface area contributed by atoms with Gasteiger partial charge in [-0.15, -0.1) is 11.3 Å². The molecule has 128 valence electrons. The van der Waals surface area contributed by atoms with Gasteiger partial charge in [-0.2, -0.15) is 0 Å². The van der Waals surface area contributed by atoms with Crippen molar-refractivity contribution in [3.8, 4) is 0 Å². The van der Waals surface area contributed by atoms with Crippen molar-refractivity contribution in [2.24, 2.45) is 0 Å². The highest BCUT2D eigenvalue weighted by Gasteiger charge is 2.31. The van der Waals surface area contributed by atoms with Crippen LogP contribution in [0, 0.1) is 5.82 Å². The molecule has 7 heteroatoms. The minimum atomic E-state index is -0.894. The lowest BCUT2D eigenvalue weighted by atomic mass is 9.86. The fourth-order valence-electron chi connectivity index (χ4n) is 3.40. The first kappa shape index (κ1) is 16.0. The number of hydrogen-bond donors (Lipinski definition) is 1. The highest BCUT2D eigenvalue weighted by molar-refractivity contribution is 7.18. The Kier molecular flexibility index (Phi) is 3.88. The summed E-state index contributed by atoms with van der Waals surface area (Å²) in [6.45, 7) is 0.268. The van der Waals surface area contributed by atoms with Gasteiger partial charge in [0, 0.05) is 4.88 Å². The fourth-order valence-corrected chi connectivity index (χ4v) is 4.64. The Morgan fingerprint density at radius 2 is 2.12 bits per heavy atom. The summed E-state index contributed by atoms with van der Waals surface area (Å²) in [5.74, 6) is -1.87. The Labute approximate surface area is 146 Å². The van der Waals surface area contributed by atoms with E-state index in [2.05, 4.69) is 4.98 Å². The summed E-state index contributed by atoms with van der Waals surface area (Å²) in [5, 5.41) is 9.95. The number of carboxylic acids is 1. The molecule has 2 aromatic heterocycles. The van der Waals surface area contributed by atoms with Crippen molar-refractivity contribution in [3.05, 3.63) is 62.8 Å². The van der Waals surface area contributed by atoms with E-state index in [0.29, 0.717) is 22.2 Å². The Hall–Kier alpha value is -2.54. The predicted molar refractivity (Wildman–Crippen MR) is 92.7 cm³/mol. The Morgan fingerprint density at radius 1 is 1.36 bits per heavy atom. The minimum absolute atomic E-state index is 0.236. The minimum Gasteiger partial charge on any atom is -0.481 e. The lowest BCUT2D eigenvalue weighted by Crippen LogP contribution is -2.24. The van der Waals surface area contributed by atoms with Crippen LogP contribution < -0.4 is 5.56 Å². The van der Waals surface area contributed by atoms with E-state index in [4.69, 9.17) is 0 Å². The van der Waals surface area contributed by atoms with Crippen LogP contribution in [0.2, 0.25) is 0 Å². The van der Waals surface area contributed by atoms with Gasteiger partial charge in [0.25, 0.3) is 5.56 Å². The second-order valence-corrected chi connectivity index (χ2v) is 7.29. The molecular formula is C18H15FN2O3S. The maximum Gasteiger partial charge on any atom is 0.311 e. The summed E-state index contributed by atoms with van der Waals surface area (Å²) < 4.78 is 14.5. The van der Waals surface area contributed by atoms with Crippen LogP contribution in [0.15, 0.2) is 35.4 Å². The maximum absolute atomic E-state index is 13.0. The molecule has 3 aromatic rings. The first-order valence-corrected chi connectivity index (χ1v) is 8.84. The van der Waals surface area contributed by atoms with E-state index >= 15 is 0 Å². The van der Waals surface area contributed by atoms with Crippen LogP contribution in [0.4, 0.5) is 4.39 Å². The van der Waals surface area contributed by atoms with Crippen molar-refractivity contribution in [1.82, 2.24) is 9.55 Å². The quantitative estimate of drug-likeness (QED) is 0.781. The molecule has 25 heavy (non-hydrogen) atoms. The number of thiophene rings is 1. The molecule has 1 unspecified atom stereocenters. The molecule has 0 radical (unpaired) electrons. The van der Waals surface area contributed by atoms with Gasteiger partial charge in [-0.25, -0.2) is 9.37 Å². The van der Waals surface area contributed by atoms with Crippen LogP contribution in [-0.4, -0.2) is 20.6 Å². The summed E-state index contributed by atoms with van der Waals surface area (Å²) in [4.78, 5) is 30.5. The number of aliphatic carboxylic acids is 1. The maximum atomic E-state index is 13.0. The fraction of sp³-hybridized carbons (Fsp3) is 0.278. The number of benzene rings is 1. The Bertz CT molecular complexity index is 1020. The zero-order chi connectivity index (χ0) is 17.6. The van der Waals surface area contributed by atoms with E-state index in [1.807, 2.05) is 0 Å². The van der Waals surface area contributed by atoms with Gasteiger partial charge in [-0.05, 0) is 42.5 Å². The van der Waals surface area contributed by atoms with Crippen molar-refractivity contribution in [1.29, 1.82) is 0 Å². The van der Waals surface area contributed by atoms with E-state index in [-0.39, 0.29) is 17.9 Å². The van der Waals surface area contributed by atoms with Crippen LogP contribution >= 0.6 is 11.3 Å². The number of nitrogens with zero attached hydrogens (tertiary/aromatic N) is 2. The van der Waals surface area contributed by atoms with E-state index < -0.39 is 11.9 Å². The van der Waals surface area contributed by atoms with Gasteiger partial charge in [-0.1, -0.05) is 12.1 Å². The van der Waals surface area contributed by atoms with Gasteiger partial charge in [-0.3, -0.25) is 14.2 Å². The van der Waals surface area contributed by atoms with Gasteiger partial charge in [0.1, 0.15) is 10.6 Å². The van der Waals surface area contributed by atoms with Crippen molar-refractivity contribution in [2.75, 3.05) is 0 Å². The second kappa shape index (κ2) is 6.07. The van der Waals surface area contributed by atoms with Gasteiger partial charge in [0.05, 0.1) is 24.2 Å². The third-order valence-corrected chi connectivity index (χ3v) is 5.78. The number of carboxylic acid groups (broad SMARTS) is 1. The molecule has 1 N–H and O–H groups in total. The Morgan fingerprint density at radius 3 is 2.84 bits per heavy atom. The molecule has 1 aliphatic rings. The summed E-state index contributed by atoms with van der Waals surface area (Å²) in [7, 11) is 0. The lowest BCUT2D eigenvalue weighted by molar-refractivity contribution is -0.139. The number of carbonyl (C=O) groups is 1. The Balaban J connectivity index is 1.84. The molecule has 0 saturated heterocycles. The molecule has 5 nitrogen and oxygen atoms in total. The van der Waals surface area contributed by atoms with E-state index in [0.717, 1.165) is 23.3 Å². The number of rotatable bonds is 3. The molecule has 4 rings (SSSR count).